The van der Waals surface area contributed by atoms with Crippen molar-refractivity contribution in [2.24, 2.45) is 7.05 Å². The van der Waals surface area contributed by atoms with E-state index in [1.165, 1.54) is 0 Å². The molecule has 0 saturated heterocycles. The van der Waals surface area contributed by atoms with Crippen LogP contribution in [-0.2, 0) is 23.1 Å². The summed E-state index contributed by atoms with van der Waals surface area (Å²) >= 11 is 0. The van der Waals surface area contributed by atoms with Crippen molar-refractivity contribution in [1.82, 2.24) is 9.47 Å². The van der Waals surface area contributed by atoms with Crippen LogP contribution in [0.2, 0.25) is 0 Å². The molecule has 0 N–H and O–H groups in total. The summed E-state index contributed by atoms with van der Waals surface area (Å²) in [6.07, 6.45) is 1.79. The zero-order valence-electron chi connectivity index (χ0n) is 11.4. The van der Waals surface area contributed by atoms with Crippen LogP contribution in [0.1, 0.15) is 5.56 Å². The lowest BCUT2D eigenvalue weighted by Gasteiger charge is -2.21. The van der Waals surface area contributed by atoms with Gasteiger partial charge in [-0.1, -0.05) is 0 Å². The van der Waals surface area contributed by atoms with Gasteiger partial charge in [0.25, 0.3) is 5.56 Å². The highest BCUT2D eigenvalue weighted by molar-refractivity contribution is 5.10. The number of rotatable bonds is 8. The molecule has 5 heteroatoms. The standard InChI is InChI=1S/C13H22N2O3/c1-14-5-4-12(10-13(14)16)11-15(6-8-17-2)7-9-18-3/h4-5,10H,6-9,11H2,1-3H3. The summed E-state index contributed by atoms with van der Waals surface area (Å²) in [4.78, 5) is 13.8. The number of methoxy groups -OCH3 is 2. The Kier molecular flexibility index (Phi) is 6.64. The van der Waals surface area contributed by atoms with Crippen molar-refractivity contribution in [1.29, 1.82) is 0 Å². The van der Waals surface area contributed by atoms with Gasteiger partial charge in [-0.25, -0.2) is 0 Å². The number of hydrogen-bond acceptors (Lipinski definition) is 4. The average Bonchev–Trinajstić information content (AvgIpc) is 2.37. The molecule has 0 amide bonds. The monoisotopic (exact) mass is 254 g/mol. The Morgan fingerprint density at radius 1 is 1.22 bits per heavy atom. The van der Waals surface area contributed by atoms with E-state index in [1.54, 1.807) is 38.1 Å². The topological polar surface area (TPSA) is 43.7 Å². The van der Waals surface area contributed by atoms with E-state index in [2.05, 4.69) is 4.90 Å². The number of aromatic nitrogens is 1. The highest BCUT2D eigenvalue weighted by atomic mass is 16.5. The van der Waals surface area contributed by atoms with Crippen LogP contribution < -0.4 is 5.56 Å². The van der Waals surface area contributed by atoms with Crippen molar-refractivity contribution >= 4 is 0 Å². The number of ether oxygens (including phenoxy) is 2. The van der Waals surface area contributed by atoms with Crippen molar-refractivity contribution in [3.63, 3.8) is 0 Å². The Morgan fingerprint density at radius 3 is 2.33 bits per heavy atom. The second-order valence-corrected chi connectivity index (χ2v) is 4.25. The highest BCUT2D eigenvalue weighted by Crippen LogP contribution is 2.01. The minimum Gasteiger partial charge on any atom is -0.383 e. The largest absolute Gasteiger partial charge is 0.383 e. The van der Waals surface area contributed by atoms with Gasteiger partial charge in [0.05, 0.1) is 13.2 Å². The van der Waals surface area contributed by atoms with E-state index in [9.17, 15) is 4.79 Å². The molecule has 5 nitrogen and oxygen atoms in total. The van der Waals surface area contributed by atoms with Gasteiger partial charge in [0.15, 0.2) is 0 Å². The predicted molar refractivity (Wildman–Crippen MR) is 70.7 cm³/mol. The average molecular weight is 254 g/mol. The first-order valence-corrected chi connectivity index (χ1v) is 6.03. The van der Waals surface area contributed by atoms with Crippen LogP contribution in [-0.4, -0.2) is 50.0 Å². The molecule has 0 radical (unpaired) electrons. The number of nitrogens with zero attached hydrogens (tertiary/aromatic N) is 2. The predicted octanol–water partition coefficient (Wildman–Crippen LogP) is 0.480. The van der Waals surface area contributed by atoms with Crippen LogP contribution >= 0.6 is 0 Å². The third kappa shape index (κ3) is 5.00. The SMILES string of the molecule is COCCN(CCOC)Cc1ccn(C)c(=O)c1. The van der Waals surface area contributed by atoms with Gasteiger partial charge in [-0.3, -0.25) is 9.69 Å². The molecular formula is C13H22N2O3. The Hall–Kier alpha value is -1.17. The van der Waals surface area contributed by atoms with Crippen LogP contribution in [0.15, 0.2) is 23.1 Å². The van der Waals surface area contributed by atoms with Crippen LogP contribution in [0.3, 0.4) is 0 Å². The van der Waals surface area contributed by atoms with Gasteiger partial charge in [-0.15, -0.1) is 0 Å². The first-order chi connectivity index (χ1) is 8.67. The molecule has 0 aromatic carbocycles. The van der Waals surface area contributed by atoms with E-state index in [0.29, 0.717) is 13.2 Å². The Balaban J connectivity index is 2.62. The summed E-state index contributed by atoms with van der Waals surface area (Å²) in [6.45, 7) is 3.75. The summed E-state index contributed by atoms with van der Waals surface area (Å²) in [6, 6.07) is 3.64. The van der Waals surface area contributed by atoms with E-state index in [1.807, 2.05) is 6.07 Å². The summed E-state index contributed by atoms with van der Waals surface area (Å²) < 4.78 is 11.7. The molecule has 0 unspecified atom stereocenters. The fourth-order valence-corrected chi connectivity index (χ4v) is 1.66. The Labute approximate surface area is 108 Å². The molecule has 102 valence electrons. The second kappa shape index (κ2) is 8.02. The molecule has 0 aliphatic rings. The number of pyridine rings is 1. The maximum absolute atomic E-state index is 11.5. The summed E-state index contributed by atoms with van der Waals surface area (Å²) in [5.41, 5.74) is 1.04. The molecule has 0 saturated carbocycles. The third-order valence-electron chi connectivity index (χ3n) is 2.80. The van der Waals surface area contributed by atoms with E-state index in [0.717, 1.165) is 25.2 Å². The van der Waals surface area contributed by atoms with E-state index >= 15 is 0 Å². The second-order valence-electron chi connectivity index (χ2n) is 4.25. The molecule has 1 aromatic rings. The first kappa shape index (κ1) is 14.9. The van der Waals surface area contributed by atoms with Crippen LogP contribution in [0.25, 0.3) is 0 Å². The number of hydrogen-bond donors (Lipinski definition) is 0. The maximum atomic E-state index is 11.5. The summed E-state index contributed by atoms with van der Waals surface area (Å²) in [7, 11) is 5.12. The Morgan fingerprint density at radius 2 is 1.83 bits per heavy atom. The van der Waals surface area contributed by atoms with Crippen LogP contribution in [0, 0.1) is 0 Å². The number of aryl methyl sites for hydroxylation is 1. The fraction of sp³-hybridized carbons (Fsp3) is 0.615. The molecule has 0 aliphatic heterocycles. The molecular weight excluding hydrogens is 232 g/mol. The van der Waals surface area contributed by atoms with Gasteiger partial charge in [-0.05, 0) is 11.6 Å². The van der Waals surface area contributed by atoms with Crippen molar-refractivity contribution in [3.8, 4) is 0 Å². The molecule has 1 rings (SSSR count). The van der Waals surface area contributed by atoms with E-state index in [-0.39, 0.29) is 5.56 Å². The molecule has 1 aromatic heterocycles. The van der Waals surface area contributed by atoms with Gasteiger partial charge in [0, 0.05) is 53.2 Å². The highest BCUT2D eigenvalue weighted by Gasteiger charge is 2.06. The zero-order chi connectivity index (χ0) is 13.4. The van der Waals surface area contributed by atoms with Gasteiger partial charge in [-0.2, -0.15) is 0 Å². The van der Waals surface area contributed by atoms with Crippen molar-refractivity contribution in [2.75, 3.05) is 40.5 Å². The smallest absolute Gasteiger partial charge is 0.250 e. The minimum absolute atomic E-state index is 0.0194. The molecule has 0 spiro atoms. The fourth-order valence-electron chi connectivity index (χ4n) is 1.66. The maximum Gasteiger partial charge on any atom is 0.250 e. The minimum atomic E-state index is 0.0194. The van der Waals surface area contributed by atoms with E-state index < -0.39 is 0 Å². The quantitative estimate of drug-likeness (QED) is 0.677. The lowest BCUT2D eigenvalue weighted by Crippen LogP contribution is -2.31. The van der Waals surface area contributed by atoms with E-state index in [4.69, 9.17) is 9.47 Å². The van der Waals surface area contributed by atoms with Crippen molar-refractivity contribution in [3.05, 3.63) is 34.2 Å². The van der Waals surface area contributed by atoms with Gasteiger partial charge >= 0.3 is 0 Å². The van der Waals surface area contributed by atoms with Crippen molar-refractivity contribution < 1.29 is 9.47 Å². The Bertz CT molecular complexity index is 395. The van der Waals surface area contributed by atoms with Gasteiger partial charge in [0.1, 0.15) is 0 Å². The van der Waals surface area contributed by atoms with Gasteiger partial charge in [0.2, 0.25) is 0 Å². The zero-order valence-corrected chi connectivity index (χ0v) is 11.4. The summed E-state index contributed by atoms with van der Waals surface area (Å²) in [5, 5.41) is 0. The normalized spacial score (nSPS) is 11.1. The molecule has 0 bridgehead atoms. The summed E-state index contributed by atoms with van der Waals surface area (Å²) in [5.74, 6) is 0. The molecule has 1 heterocycles. The third-order valence-corrected chi connectivity index (χ3v) is 2.80. The van der Waals surface area contributed by atoms with Crippen LogP contribution in [0.5, 0.6) is 0 Å². The molecule has 0 atom stereocenters. The lowest BCUT2D eigenvalue weighted by molar-refractivity contribution is 0.110. The molecule has 0 fully saturated rings. The van der Waals surface area contributed by atoms with Gasteiger partial charge < -0.3 is 14.0 Å². The van der Waals surface area contributed by atoms with Crippen molar-refractivity contribution in [2.45, 2.75) is 6.54 Å². The lowest BCUT2D eigenvalue weighted by atomic mass is 10.2. The van der Waals surface area contributed by atoms with Crippen LogP contribution in [0.4, 0.5) is 0 Å². The first-order valence-electron chi connectivity index (χ1n) is 6.03. The molecule has 0 aliphatic carbocycles. The molecule has 18 heavy (non-hydrogen) atoms.